The molecule has 102 valence electrons. The first kappa shape index (κ1) is 13.6. The Labute approximate surface area is 110 Å². The molecular weight excluding hydrogens is 224 g/mol. The number of aromatic nitrogens is 2. The smallest absolute Gasteiger partial charge is 0.122 e. The molecule has 4 nitrogen and oxygen atoms in total. The van der Waals surface area contributed by atoms with Crippen molar-refractivity contribution in [2.75, 3.05) is 19.6 Å². The normalized spacial score (nSPS) is 19.5. The van der Waals surface area contributed by atoms with Gasteiger partial charge in [0.05, 0.1) is 6.54 Å². The summed E-state index contributed by atoms with van der Waals surface area (Å²) in [5.74, 6) is 1.89. The van der Waals surface area contributed by atoms with Crippen LogP contribution in [0.2, 0.25) is 0 Å². The largest absolute Gasteiger partial charge is 0.333 e. The molecule has 1 aliphatic rings. The highest BCUT2D eigenvalue weighted by atomic mass is 15.3. The van der Waals surface area contributed by atoms with Crippen LogP contribution in [0.5, 0.6) is 0 Å². The van der Waals surface area contributed by atoms with E-state index in [2.05, 4.69) is 46.7 Å². The van der Waals surface area contributed by atoms with Gasteiger partial charge in [0, 0.05) is 31.5 Å². The van der Waals surface area contributed by atoms with Gasteiger partial charge in [-0.05, 0) is 32.4 Å². The molecule has 1 aliphatic heterocycles. The minimum atomic E-state index is 0.611. The standard InChI is InChI=1S/C14H26N4/c1-4-5-15-10-12(2)13(3)18-9-8-17-7-6-16-14(17)11-18/h6-7,12-13,15H,4-5,8-11H2,1-3H3. The summed E-state index contributed by atoms with van der Waals surface area (Å²) < 4.78 is 2.27. The Kier molecular flexibility index (Phi) is 4.78. The molecule has 2 heterocycles. The molecule has 0 amide bonds. The summed E-state index contributed by atoms with van der Waals surface area (Å²) in [6.45, 7) is 12.3. The Hall–Kier alpha value is -0.870. The summed E-state index contributed by atoms with van der Waals surface area (Å²) in [4.78, 5) is 6.99. The van der Waals surface area contributed by atoms with E-state index >= 15 is 0 Å². The van der Waals surface area contributed by atoms with E-state index in [1.165, 1.54) is 12.2 Å². The molecule has 0 spiro atoms. The number of fused-ring (bicyclic) bond motifs is 1. The third-order valence-electron chi connectivity index (χ3n) is 4.07. The van der Waals surface area contributed by atoms with Crippen molar-refractivity contribution >= 4 is 0 Å². The third-order valence-corrected chi connectivity index (χ3v) is 4.07. The SMILES string of the molecule is CCCNCC(C)C(C)N1CCn2ccnc2C1. The first-order valence-electron chi connectivity index (χ1n) is 7.17. The highest BCUT2D eigenvalue weighted by Gasteiger charge is 2.24. The number of rotatable bonds is 6. The van der Waals surface area contributed by atoms with Gasteiger partial charge in [0.15, 0.2) is 0 Å². The maximum absolute atomic E-state index is 4.43. The van der Waals surface area contributed by atoms with Gasteiger partial charge in [-0.25, -0.2) is 4.98 Å². The molecule has 1 aromatic heterocycles. The molecule has 1 N–H and O–H groups in total. The second kappa shape index (κ2) is 6.34. The topological polar surface area (TPSA) is 33.1 Å². The Morgan fingerprint density at radius 3 is 3.00 bits per heavy atom. The van der Waals surface area contributed by atoms with E-state index in [4.69, 9.17) is 0 Å². The van der Waals surface area contributed by atoms with Crippen LogP contribution in [-0.4, -0.2) is 40.1 Å². The maximum atomic E-state index is 4.43. The van der Waals surface area contributed by atoms with Crippen molar-refractivity contribution in [3.8, 4) is 0 Å². The van der Waals surface area contributed by atoms with E-state index < -0.39 is 0 Å². The number of nitrogens with one attached hydrogen (secondary N) is 1. The summed E-state index contributed by atoms with van der Waals surface area (Å²) in [5, 5.41) is 3.52. The fraction of sp³-hybridized carbons (Fsp3) is 0.786. The van der Waals surface area contributed by atoms with E-state index in [1.54, 1.807) is 0 Å². The van der Waals surface area contributed by atoms with E-state index in [1.807, 2.05) is 6.20 Å². The maximum Gasteiger partial charge on any atom is 0.122 e. The van der Waals surface area contributed by atoms with Crippen molar-refractivity contribution in [3.05, 3.63) is 18.2 Å². The van der Waals surface area contributed by atoms with Crippen LogP contribution >= 0.6 is 0 Å². The fourth-order valence-electron chi connectivity index (χ4n) is 2.58. The quantitative estimate of drug-likeness (QED) is 0.781. The zero-order chi connectivity index (χ0) is 13.0. The van der Waals surface area contributed by atoms with Crippen LogP contribution in [0.25, 0.3) is 0 Å². The van der Waals surface area contributed by atoms with E-state index in [0.29, 0.717) is 12.0 Å². The van der Waals surface area contributed by atoms with Crippen LogP contribution in [0.15, 0.2) is 12.4 Å². The Morgan fingerprint density at radius 1 is 1.39 bits per heavy atom. The molecule has 2 rings (SSSR count). The average molecular weight is 250 g/mol. The van der Waals surface area contributed by atoms with E-state index in [-0.39, 0.29) is 0 Å². The second-order valence-corrected chi connectivity index (χ2v) is 5.43. The third kappa shape index (κ3) is 3.12. The monoisotopic (exact) mass is 250 g/mol. The van der Waals surface area contributed by atoms with Gasteiger partial charge in [0.1, 0.15) is 5.82 Å². The summed E-state index contributed by atoms with van der Waals surface area (Å²) in [5.41, 5.74) is 0. The van der Waals surface area contributed by atoms with Crippen molar-refractivity contribution in [2.24, 2.45) is 5.92 Å². The predicted octanol–water partition coefficient (Wildman–Crippen LogP) is 1.72. The first-order chi connectivity index (χ1) is 8.72. The van der Waals surface area contributed by atoms with Crippen LogP contribution in [0.4, 0.5) is 0 Å². The van der Waals surface area contributed by atoms with Crippen LogP contribution < -0.4 is 5.32 Å². The lowest BCUT2D eigenvalue weighted by atomic mass is 10.0. The van der Waals surface area contributed by atoms with Gasteiger partial charge in [-0.1, -0.05) is 13.8 Å². The van der Waals surface area contributed by atoms with Gasteiger partial charge in [0.25, 0.3) is 0 Å². The van der Waals surface area contributed by atoms with Gasteiger partial charge in [0.2, 0.25) is 0 Å². The zero-order valence-electron chi connectivity index (χ0n) is 11.9. The van der Waals surface area contributed by atoms with Gasteiger partial charge in [-0.15, -0.1) is 0 Å². The summed E-state index contributed by atoms with van der Waals surface area (Å²) in [6, 6.07) is 0.611. The van der Waals surface area contributed by atoms with Gasteiger partial charge < -0.3 is 9.88 Å². The molecule has 2 unspecified atom stereocenters. The molecule has 18 heavy (non-hydrogen) atoms. The molecular formula is C14H26N4. The Balaban J connectivity index is 1.84. The lowest BCUT2D eigenvalue weighted by Gasteiger charge is -2.36. The van der Waals surface area contributed by atoms with Crippen LogP contribution in [-0.2, 0) is 13.1 Å². The van der Waals surface area contributed by atoms with Gasteiger partial charge in [-0.2, -0.15) is 0 Å². The number of hydrogen-bond acceptors (Lipinski definition) is 3. The van der Waals surface area contributed by atoms with E-state index in [0.717, 1.165) is 32.7 Å². The molecule has 0 aliphatic carbocycles. The fourth-order valence-corrected chi connectivity index (χ4v) is 2.58. The van der Waals surface area contributed by atoms with Crippen molar-refractivity contribution in [2.45, 2.75) is 46.3 Å². The Morgan fingerprint density at radius 2 is 2.22 bits per heavy atom. The zero-order valence-corrected chi connectivity index (χ0v) is 11.9. The molecule has 0 saturated carbocycles. The van der Waals surface area contributed by atoms with Crippen LogP contribution in [0.3, 0.4) is 0 Å². The van der Waals surface area contributed by atoms with Crippen LogP contribution in [0, 0.1) is 5.92 Å². The van der Waals surface area contributed by atoms with Crippen molar-refractivity contribution in [3.63, 3.8) is 0 Å². The summed E-state index contributed by atoms with van der Waals surface area (Å²) in [7, 11) is 0. The predicted molar refractivity (Wildman–Crippen MR) is 74.4 cm³/mol. The highest BCUT2D eigenvalue weighted by molar-refractivity contribution is 4.96. The minimum absolute atomic E-state index is 0.611. The molecule has 1 aromatic rings. The number of hydrogen-bond donors (Lipinski definition) is 1. The van der Waals surface area contributed by atoms with Gasteiger partial charge in [-0.3, -0.25) is 4.90 Å². The lowest BCUT2D eigenvalue weighted by molar-refractivity contribution is 0.123. The first-order valence-corrected chi connectivity index (χ1v) is 7.17. The molecule has 4 heteroatoms. The minimum Gasteiger partial charge on any atom is -0.333 e. The molecule has 2 atom stereocenters. The molecule has 0 saturated heterocycles. The molecule has 0 radical (unpaired) electrons. The van der Waals surface area contributed by atoms with E-state index in [9.17, 15) is 0 Å². The lowest BCUT2D eigenvalue weighted by Crippen LogP contribution is -2.45. The summed E-state index contributed by atoms with van der Waals surface area (Å²) in [6.07, 6.45) is 5.21. The Bertz CT molecular complexity index is 360. The van der Waals surface area contributed by atoms with Crippen molar-refractivity contribution in [1.82, 2.24) is 19.8 Å². The average Bonchev–Trinajstić information content (AvgIpc) is 2.85. The molecule has 0 fully saturated rings. The highest BCUT2D eigenvalue weighted by Crippen LogP contribution is 2.17. The molecule has 0 bridgehead atoms. The number of imidazole rings is 1. The van der Waals surface area contributed by atoms with Crippen molar-refractivity contribution in [1.29, 1.82) is 0 Å². The molecule has 0 aromatic carbocycles. The second-order valence-electron chi connectivity index (χ2n) is 5.43. The van der Waals surface area contributed by atoms with Crippen molar-refractivity contribution < 1.29 is 0 Å². The summed E-state index contributed by atoms with van der Waals surface area (Å²) >= 11 is 0. The number of nitrogens with zero attached hydrogens (tertiary/aromatic N) is 3. The van der Waals surface area contributed by atoms with Gasteiger partial charge >= 0.3 is 0 Å². The van der Waals surface area contributed by atoms with Crippen LogP contribution in [0.1, 0.15) is 33.0 Å².